The van der Waals surface area contributed by atoms with Crippen LogP contribution in [0, 0.1) is 0 Å². The fourth-order valence-corrected chi connectivity index (χ4v) is 1.54. The van der Waals surface area contributed by atoms with Gasteiger partial charge in [-0.1, -0.05) is 6.08 Å². The van der Waals surface area contributed by atoms with Crippen molar-refractivity contribution in [2.75, 3.05) is 13.1 Å². The molecule has 0 radical (unpaired) electrons. The van der Waals surface area contributed by atoms with Crippen LogP contribution in [0.15, 0.2) is 23.4 Å². The highest BCUT2D eigenvalue weighted by Crippen LogP contribution is 2.13. The van der Waals surface area contributed by atoms with Crippen LogP contribution in [0.3, 0.4) is 0 Å². The molecule has 0 unspecified atom stereocenters. The lowest BCUT2D eigenvalue weighted by atomic mass is 10.0. The predicted molar refractivity (Wildman–Crippen MR) is 54.4 cm³/mol. The van der Waals surface area contributed by atoms with Crippen LogP contribution in [-0.4, -0.2) is 25.0 Å². The van der Waals surface area contributed by atoms with Crippen molar-refractivity contribution >= 4 is 5.91 Å². The van der Waals surface area contributed by atoms with Gasteiger partial charge >= 0.3 is 0 Å². The lowest BCUT2D eigenvalue weighted by Crippen LogP contribution is -2.57. The highest BCUT2D eigenvalue weighted by atomic mass is 16.1. The monoisotopic (exact) mass is 193 g/mol. The van der Waals surface area contributed by atoms with Gasteiger partial charge in [-0.15, -0.1) is 0 Å². The normalized spacial score (nSPS) is 22.0. The summed E-state index contributed by atoms with van der Waals surface area (Å²) in [5.41, 5.74) is 7.17. The second-order valence-electron chi connectivity index (χ2n) is 3.75. The average molecular weight is 193 g/mol. The summed E-state index contributed by atoms with van der Waals surface area (Å²) < 4.78 is 0. The fourth-order valence-electron chi connectivity index (χ4n) is 1.54. The number of hydrogen-bond acceptors (Lipinski definition) is 3. The van der Waals surface area contributed by atoms with E-state index >= 15 is 0 Å². The number of hydrogen-bond donors (Lipinski definition) is 3. The summed E-state index contributed by atoms with van der Waals surface area (Å²) in [7, 11) is 0. The average Bonchev–Trinajstić information content (AvgIpc) is 2.11. The van der Waals surface area contributed by atoms with E-state index in [1.54, 1.807) is 6.08 Å². The Kier molecular flexibility index (Phi) is 2.54. The molecule has 76 valence electrons. The maximum Gasteiger partial charge on any atom is 0.251 e. The van der Waals surface area contributed by atoms with E-state index in [1.165, 1.54) is 0 Å². The fraction of sp³-hybridized carbons (Fsp3) is 0.500. The Morgan fingerprint density at radius 3 is 2.93 bits per heavy atom. The van der Waals surface area contributed by atoms with E-state index in [-0.39, 0.29) is 5.91 Å². The van der Waals surface area contributed by atoms with Crippen molar-refractivity contribution in [3.63, 3.8) is 0 Å². The summed E-state index contributed by atoms with van der Waals surface area (Å²) in [5, 5.41) is 6.04. The standard InChI is InChI=1S/C10H15N3O/c11-8-3-1-2-7(4-8)10(14)13-9-5-12-6-9/h2,4,9,12H,1,3,5-6,11H2,(H,13,14). The van der Waals surface area contributed by atoms with E-state index in [9.17, 15) is 4.79 Å². The molecule has 1 heterocycles. The molecule has 1 fully saturated rings. The van der Waals surface area contributed by atoms with Gasteiger partial charge in [0.05, 0.1) is 6.04 Å². The highest BCUT2D eigenvalue weighted by molar-refractivity contribution is 5.96. The number of nitrogens with two attached hydrogens (primary N) is 1. The summed E-state index contributed by atoms with van der Waals surface area (Å²) >= 11 is 0. The van der Waals surface area contributed by atoms with Crippen molar-refractivity contribution in [1.82, 2.24) is 10.6 Å². The third kappa shape index (κ3) is 1.96. The third-order valence-corrected chi connectivity index (χ3v) is 2.52. The van der Waals surface area contributed by atoms with Gasteiger partial charge in [-0.3, -0.25) is 4.79 Å². The molecule has 0 spiro atoms. The predicted octanol–water partition coefficient (Wildman–Crippen LogP) is -0.363. The molecule has 0 atom stereocenters. The minimum Gasteiger partial charge on any atom is -0.402 e. The summed E-state index contributed by atoms with van der Waals surface area (Å²) in [4.78, 5) is 11.6. The van der Waals surface area contributed by atoms with Gasteiger partial charge in [-0.2, -0.15) is 0 Å². The van der Waals surface area contributed by atoms with E-state index in [4.69, 9.17) is 5.73 Å². The van der Waals surface area contributed by atoms with E-state index in [0.717, 1.165) is 31.6 Å². The maximum atomic E-state index is 11.6. The molecule has 0 aromatic rings. The van der Waals surface area contributed by atoms with Crippen molar-refractivity contribution in [2.24, 2.45) is 5.73 Å². The molecule has 14 heavy (non-hydrogen) atoms. The summed E-state index contributed by atoms with van der Waals surface area (Å²) in [6.45, 7) is 1.75. The maximum absolute atomic E-state index is 11.6. The Hall–Kier alpha value is -1.29. The van der Waals surface area contributed by atoms with Gasteiger partial charge < -0.3 is 16.4 Å². The quantitative estimate of drug-likeness (QED) is 0.561. The molecule has 1 aliphatic carbocycles. The Balaban J connectivity index is 1.93. The van der Waals surface area contributed by atoms with Gasteiger partial charge in [0, 0.05) is 24.4 Å². The van der Waals surface area contributed by atoms with Crippen molar-refractivity contribution in [3.05, 3.63) is 23.4 Å². The topological polar surface area (TPSA) is 67.2 Å². The number of rotatable bonds is 2. The lowest BCUT2D eigenvalue weighted by molar-refractivity contribution is -0.118. The van der Waals surface area contributed by atoms with Gasteiger partial charge in [0.1, 0.15) is 0 Å². The number of amides is 1. The Labute approximate surface area is 83.2 Å². The SMILES string of the molecule is NC1=CC(C(=O)NC2CNC2)=CCC1. The van der Waals surface area contributed by atoms with Crippen LogP contribution in [0.5, 0.6) is 0 Å². The number of carbonyl (C=O) groups excluding carboxylic acids is 1. The second-order valence-corrected chi connectivity index (χ2v) is 3.75. The van der Waals surface area contributed by atoms with Crippen LogP contribution in [0.1, 0.15) is 12.8 Å². The highest BCUT2D eigenvalue weighted by Gasteiger charge is 2.20. The molecular formula is C10H15N3O. The van der Waals surface area contributed by atoms with Crippen molar-refractivity contribution in [1.29, 1.82) is 0 Å². The number of allylic oxidation sites excluding steroid dienone is 2. The first-order valence-corrected chi connectivity index (χ1v) is 4.93. The van der Waals surface area contributed by atoms with E-state index in [2.05, 4.69) is 10.6 Å². The molecule has 4 nitrogen and oxygen atoms in total. The molecule has 0 aromatic heterocycles. The van der Waals surface area contributed by atoms with E-state index in [0.29, 0.717) is 11.6 Å². The molecular weight excluding hydrogens is 178 g/mol. The van der Waals surface area contributed by atoms with E-state index in [1.807, 2.05) is 6.08 Å². The number of carbonyl (C=O) groups is 1. The Morgan fingerprint density at radius 2 is 2.36 bits per heavy atom. The summed E-state index contributed by atoms with van der Waals surface area (Å²) in [6.07, 6.45) is 5.44. The molecule has 1 aliphatic heterocycles. The molecule has 2 rings (SSSR count). The van der Waals surface area contributed by atoms with Gasteiger partial charge in [-0.05, 0) is 18.9 Å². The third-order valence-electron chi connectivity index (χ3n) is 2.52. The first-order chi connectivity index (χ1) is 6.75. The minimum absolute atomic E-state index is 0.000787. The van der Waals surface area contributed by atoms with Crippen LogP contribution in [0.25, 0.3) is 0 Å². The zero-order valence-corrected chi connectivity index (χ0v) is 8.05. The van der Waals surface area contributed by atoms with Crippen LogP contribution < -0.4 is 16.4 Å². The molecule has 4 N–H and O–H groups in total. The van der Waals surface area contributed by atoms with E-state index < -0.39 is 0 Å². The number of nitrogens with one attached hydrogen (secondary N) is 2. The molecule has 4 heteroatoms. The first kappa shape index (κ1) is 9.27. The van der Waals surface area contributed by atoms with Crippen molar-refractivity contribution in [2.45, 2.75) is 18.9 Å². The van der Waals surface area contributed by atoms with Crippen molar-refractivity contribution < 1.29 is 4.79 Å². The molecule has 2 aliphatic rings. The summed E-state index contributed by atoms with van der Waals surface area (Å²) in [6, 6.07) is 0.292. The van der Waals surface area contributed by atoms with Gasteiger partial charge in [0.15, 0.2) is 0 Å². The zero-order chi connectivity index (χ0) is 9.97. The lowest BCUT2D eigenvalue weighted by Gasteiger charge is -2.28. The zero-order valence-electron chi connectivity index (χ0n) is 8.05. The molecule has 0 saturated carbocycles. The van der Waals surface area contributed by atoms with Gasteiger partial charge in [0.2, 0.25) is 0 Å². The van der Waals surface area contributed by atoms with Crippen LogP contribution in [0.4, 0.5) is 0 Å². The smallest absolute Gasteiger partial charge is 0.251 e. The van der Waals surface area contributed by atoms with Crippen LogP contribution >= 0.6 is 0 Å². The van der Waals surface area contributed by atoms with Crippen LogP contribution in [-0.2, 0) is 4.79 Å². The van der Waals surface area contributed by atoms with Gasteiger partial charge in [-0.25, -0.2) is 0 Å². The molecule has 0 bridgehead atoms. The largest absolute Gasteiger partial charge is 0.402 e. The molecule has 1 saturated heterocycles. The first-order valence-electron chi connectivity index (χ1n) is 4.93. The summed E-state index contributed by atoms with van der Waals surface area (Å²) in [5.74, 6) is -0.000787. The Bertz CT molecular complexity index is 302. The van der Waals surface area contributed by atoms with Gasteiger partial charge in [0.25, 0.3) is 5.91 Å². The van der Waals surface area contributed by atoms with Crippen LogP contribution in [0.2, 0.25) is 0 Å². The molecule has 1 amide bonds. The van der Waals surface area contributed by atoms with Crippen molar-refractivity contribution in [3.8, 4) is 0 Å². The Morgan fingerprint density at radius 1 is 1.57 bits per heavy atom. The minimum atomic E-state index is -0.000787. The second kappa shape index (κ2) is 3.84. The molecule has 0 aromatic carbocycles.